The van der Waals surface area contributed by atoms with Gasteiger partial charge < -0.3 is 10.6 Å². The molecule has 1 aromatic heterocycles. The highest BCUT2D eigenvalue weighted by molar-refractivity contribution is 5.81. The van der Waals surface area contributed by atoms with Crippen LogP contribution < -0.4 is 10.6 Å². The van der Waals surface area contributed by atoms with Gasteiger partial charge in [0.1, 0.15) is 0 Å². The standard InChI is InChI=1S/C13H24N4O/c1-5-11(3)16-13(18)12(4)14-6-7-17-9-10(2)8-15-17/h8-9,11-12,14H,5-7H2,1-4H3,(H,16,18). The maximum Gasteiger partial charge on any atom is 0.237 e. The fraction of sp³-hybridized carbons (Fsp3) is 0.692. The van der Waals surface area contributed by atoms with E-state index in [4.69, 9.17) is 0 Å². The van der Waals surface area contributed by atoms with Crippen molar-refractivity contribution in [2.45, 2.75) is 52.7 Å². The predicted octanol–water partition coefficient (Wildman–Crippen LogP) is 1.08. The lowest BCUT2D eigenvalue weighted by atomic mass is 10.2. The van der Waals surface area contributed by atoms with Gasteiger partial charge in [-0.15, -0.1) is 0 Å². The molecule has 0 aliphatic carbocycles. The van der Waals surface area contributed by atoms with Crippen LogP contribution in [0.5, 0.6) is 0 Å². The SMILES string of the molecule is CCC(C)NC(=O)C(C)NCCn1cc(C)cn1. The summed E-state index contributed by atoms with van der Waals surface area (Å²) in [7, 11) is 0. The Bertz CT molecular complexity index is 375. The minimum Gasteiger partial charge on any atom is -0.352 e. The van der Waals surface area contributed by atoms with Crippen molar-refractivity contribution in [1.82, 2.24) is 20.4 Å². The molecule has 5 heteroatoms. The monoisotopic (exact) mass is 252 g/mol. The molecule has 1 aromatic rings. The Balaban J connectivity index is 2.24. The molecule has 1 heterocycles. The van der Waals surface area contributed by atoms with Gasteiger partial charge in [-0.05, 0) is 32.8 Å². The second kappa shape index (κ2) is 7.16. The number of nitrogens with one attached hydrogen (secondary N) is 2. The number of carbonyl (C=O) groups is 1. The summed E-state index contributed by atoms with van der Waals surface area (Å²) in [5.74, 6) is 0.0565. The summed E-state index contributed by atoms with van der Waals surface area (Å²) >= 11 is 0. The van der Waals surface area contributed by atoms with Gasteiger partial charge in [0.05, 0.1) is 18.8 Å². The molecular weight excluding hydrogens is 228 g/mol. The van der Waals surface area contributed by atoms with Crippen LogP contribution in [0.2, 0.25) is 0 Å². The number of aryl methyl sites for hydroxylation is 1. The van der Waals surface area contributed by atoms with E-state index in [1.54, 1.807) is 0 Å². The van der Waals surface area contributed by atoms with Crippen LogP contribution in [0, 0.1) is 6.92 Å². The van der Waals surface area contributed by atoms with Gasteiger partial charge in [-0.25, -0.2) is 0 Å². The molecule has 0 saturated carbocycles. The summed E-state index contributed by atoms with van der Waals surface area (Å²) in [6.07, 6.45) is 4.77. The lowest BCUT2D eigenvalue weighted by Gasteiger charge is -2.17. The second-order valence-corrected chi connectivity index (χ2v) is 4.77. The van der Waals surface area contributed by atoms with E-state index in [-0.39, 0.29) is 18.0 Å². The summed E-state index contributed by atoms with van der Waals surface area (Å²) in [4.78, 5) is 11.8. The van der Waals surface area contributed by atoms with Crippen molar-refractivity contribution in [3.05, 3.63) is 18.0 Å². The average Bonchev–Trinajstić information content (AvgIpc) is 2.74. The molecule has 0 spiro atoms. The van der Waals surface area contributed by atoms with Crippen LogP contribution in [-0.2, 0) is 11.3 Å². The molecule has 1 rings (SSSR count). The third kappa shape index (κ3) is 4.87. The maximum absolute atomic E-state index is 11.8. The van der Waals surface area contributed by atoms with Crippen LogP contribution in [-0.4, -0.2) is 34.3 Å². The van der Waals surface area contributed by atoms with Crippen LogP contribution in [0.4, 0.5) is 0 Å². The second-order valence-electron chi connectivity index (χ2n) is 4.77. The number of aromatic nitrogens is 2. The van der Waals surface area contributed by atoms with Gasteiger partial charge in [-0.3, -0.25) is 9.48 Å². The number of hydrogen-bond donors (Lipinski definition) is 2. The molecule has 2 unspecified atom stereocenters. The van der Waals surface area contributed by atoms with Crippen molar-refractivity contribution in [2.75, 3.05) is 6.54 Å². The Kier molecular flexibility index (Phi) is 5.85. The molecule has 0 fully saturated rings. The average molecular weight is 252 g/mol. The van der Waals surface area contributed by atoms with E-state index in [0.717, 1.165) is 25.1 Å². The van der Waals surface area contributed by atoms with E-state index in [1.807, 2.05) is 37.8 Å². The summed E-state index contributed by atoms with van der Waals surface area (Å²) < 4.78 is 1.88. The normalized spacial score (nSPS) is 14.2. The van der Waals surface area contributed by atoms with Gasteiger partial charge in [0.25, 0.3) is 0 Å². The number of carbonyl (C=O) groups excluding carboxylic acids is 1. The van der Waals surface area contributed by atoms with Crippen LogP contribution in [0.25, 0.3) is 0 Å². The zero-order valence-electron chi connectivity index (χ0n) is 11.7. The van der Waals surface area contributed by atoms with E-state index in [0.29, 0.717) is 0 Å². The molecule has 0 radical (unpaired) electrons. The highest BCUT2D eigenvalue weighted by Crippen LogP contribution is 1.94. The summed E-state index contributed by atoms with van der Waals surface area (Å²) in [6.45, 7) is 9.47. The smallest absolute Gasteiger partial charge is 0.237 e. The molecule has 2 N–H and O–H groups in total. The third-order valence-electron chi connectivity index (χ3n) is 2.95. The lowest BCUT2D eigenvalue weighted by molar-refractivity contribution is -0.123. The molecule has 0 bridgehead atoms. The van der Waals surface area contributed by atoms with E-state index in [1.165, 1.54) is 0 Å². The molecule has 0 aliphatic rings. The van der Waals surface area contributed by atoms with Crippen molar-refractivity contribution in [2.24, 2.45) is 0 Å². The summed E-state index contributed by atoms with van der Waals surface area (Å²) in [5, 5.41) is 10.4. The molecule has 2 atom stereocenters. The van der Waals surface area contributed by atoms with E-state index in [2.05, 4.69) is 22.7 Å². The zero-order valence-corrected chi connectivity index (χ0v) is 11.7. The van der Waals surface area contributed by atoms with Crippen molar-refractivity contribution in [3.8, 4) is 0 Å². The third-order valence-corrected chi connectivity index (χ3v) is 2.95. The fourth-order valence-corrected chi connectivity index (χ4v) is 1.55. The Morgan fingerprint density at radius 2 is 2.22 bits per heavy atom. The molecule has 0 saturated heterocycles. The van der Waals surface area contributed by atoms with Crippen LogP contribution in [0.1, 0.15) is 32.8 Å². The van der Waals surface area contributed by atoms with Crippen LogP contribution >= 0.6 is 0 Å². The van der Waals surface area contributed by atoms with Gasteiger partial charge in [0.2, 0.25) is 5.91 Å². The number of hydrogen-bond acceptors (Lipinski definition) is 3. The van der Waals surface area contributed by atoms with Crippen molar-refractivity contribution in [3.63, 3.8) is 0 Å². The first-order valence-corrected chi connectivity index (χ1v) is 6.55. The molecule has 18 heavy (non-hydrogen) atoms. The van der Waals surface area contributed by atoms with Crippen LogP contribution in [0.3, 0.4) is 0 Å². The molecule has 102 valence electrons. The Morgan fingerprint density at radius 3 is 2.78 bits per heavy atom. The Hall–Kier alpha value is -1.36. The largest absolute Gasteiger partial charge is 0.352 e. The van der Waals surface area contributed by atoms with E-state index >= 15 is 0 Å². The van der Waals surface area contributed by atoms with E-state index < -0.39 is 0 Å². The molecular formula is C13H24N4O. The highest BCUT2D eigenvalue weighted by Gasteiger charge is 2.13. The maximum atomic E-state index is 11.8. The minimum atomic E-state index is -0.171. The minimum absolute atomic E-state index is 0.0565. The van der Waals surface area contributed by atoms with Crippen LogP contribution in [0.15, 0.2) is 12.4 Å². The van der Waals surface area contributed by atoms with Gasteiger partial charge in [0.15, 0.2) is 0 Å². The van der Waals surface area contributed by atoms with Gasteiger partial charge in [-0.1, -0.05) is 6.92 Å². The van der Waals surface area contributed by atoms with Gasteiger partial charge in [0, 0.05) is 18.8 Å². The highest BCUT2D eigenvalue weighted by atomic mass is 16.2. The predicted molar refractivity (Wildman–Crippen MR) is 72.3 cm³/mol. The molecule has 5 nitrogen and oxygen atoms in total. The molecule has 0 aromatic carbocycles. The number of amides is 1. The molecule has 1 amide bonds. The van der Waals surface area contributed by atoms with E-state index in [9.17, 15) is 4.79 Å². The topological polar surface area (TPSA) is 59.0 Å². The summed E-state index contributed by atoms with van der Waals surface area (Å²) in [5.41, 5.74) is 1.15. The van der Waals surface area contributed by atoms with Gasteiger partial charge >= 0.3 is 0 Å². The number of rotatable bonds is 7. The first-order chi connectivity index (χ1) is 8.52. The lowest BCUT2D eigenvalue weighted by Crippen LogP contribution is -2.46. The van der Waals surface area contributed by atoms with Crippen molar-refractivity contribution >= 4 is 5.91 Å². The fourth-order valence-electron chi connectivity index (χ4n) is 1.55. The number of nitrogens with zero attached hydrogens (tertiary/aromatic N) is 2. The quantitative estimate of drug-likeness (QED) is 0.763. The van der Waals surface area contributed by atoms with Crippen molar-refractivity contribution < 1.29 is 4.79 Å². The summed E-state index contributed by atoms with van der Waals surface area (Å²) in [6, 6.07) is 0.0613. The molecule has 0 aliphatic heterocycles. The Morgan fingerprint density at radius 1 is 1.50 bits per heavy atom. The first-order valence-electron chi connectivity index (χ1n) is 6.55. The Labute approximate surface area is 109 Å². The first kappa shape index (κ1) is 14.7. The van der Waals surface area contributed by atoms with Crippen molar-refractivity contribution in [1.29, 1.82) is 0 Å². The zero-order chi connectivity index (χ0) is 13.5. The van der Waals surface area contributed by atoms with Gasteiger partial charge in [-0.2, -0.15) is 5.10 Å².